The third kappa shape index (κ3) is 4.51. The molecule has 0 fully saturated rings. The van der Waals surface area contributed by atoms with E-state index in [-0.39, 0.29) is 12.5 Å². The lowest BCUT2D eigenvalue weighted by molar-refractivity contribution is -0.124. The second-order valence-corrected chi connectivity index (χ2v) is 5.23. The molecule has 0 radical (unpaired) electrons. The summed E-state index contributed by atoms with van der Waals surface area (Å²) in [4.78, 5) is 34.8. The molecule has 0 unspecified atom stereocenters. The molecule has 1 aromatic carbocycles. The number of esters is 1. The number of carbonyl (C=O) groups excluding carboxylic acids is 2. The quantitative estimate of drug-likeness (QED) is 0.671. The number of ether oxygens (including phenoxy) is 1. The van der Waals surface area contributed by atoms with E-state index in [0.717, 1.165) is 17.0 Å². The zero-order chi connectivity index (χ0) is 17.5. The standard InChI is InChI=1S/C18H16N4O3/c23-16(22-11-13-2-1-7-19-10-13)12-25-18(24)15-5-3-14(4-6-15)17-20-8-9-21-17/h1-10H,11-12H2,(H,20,21)(H,22,23). The van der Waals surface area contributed by atoms with Gasteiger partial charge in [-0.05, 0) is 23.8 Å². The van der Waals surface area contributed by atoms with Crippen LogP contribution in [0.3, 0.4) is 0 Å². The van der Waals surface area contributed by atoms with Crippen LogP contribution in [0.4, 0.5) is 0 Å². The number of rotatable bonds is 6. The van der Waals surface area contributed by atoms with Gasteiger partial charge in [0.2, 0.25) is 0 Å². The lowest BCUT2D eigenvalue weighted by Gasteiger charge is -2.07. The molecule has 126 valence electrons. The number of aromatic nitrogens is 3. The van der Waals surface area contributed by atoms with Crippen LogP contribution in [0.5, 0.6) is 0 Å². The van der Waals surface area contributed by atoms with Gasteiger partial charge in [0.25, 0.3) is 5.91 Å². The van der Waals surface area contributed by atoms with Crippen molar-refractivity contribution in [3.05, 3.63) is 72.3 Å². The predicted molar refractivity (Wildman–Crippen MR) is 90.4 cm³/mol. The second kappa shape index (κ2) is 7.87. The van der Waals surface area contributed by atoms with Crippen LogP contribution in [-0.2, 0) is 16.1 Å². The van der Waals surface area contributed by atoms with Crippen molar-refractivity contribution < 1.29 is 14.3 Å². The molecule has 0 aliphatic carbocycles. The van der Waals surface area contributed by atoms with Crippen molar-refractivity contribution in [1.82, 2.24) is 20.3 Å². The SMILES string of the molecule is O=C(COC(=O)c1ccc(-c2ncc[nH]2)cc1)NCc1cccnc1. The van der Waals surface area contributed by atoms with Gasteiger partial charge < -0.3 is 15.0 Å². The van der Waals surface area contributed by atoms with E-state index in [0.29, 0.717) is 12.1 Å². The molecule has 7 heteroatoms. The number of benzene rings is 1. The third-order valence-electron chi connectivity index (χ3n) is 3.44. The molecule has 1 amide bonds. The normalized spacial score (nSPS) is 10.2. The molecule has 0 saturated heterocycles. The maximum absolute atomic E-state index is 12.0. The van der Waals surface area contributed by atoms with Gasteiger partial charge in [0.1, 0.15) is 5.82 Å². The zero-order valence-electron chi connectivity index (χ0n) is 13.3. The topological polar surface area (TPSA) is 97.0 Å². The molecule has 3 aromatic rings. The van der Waals surface area contributed by atoms with Crippen molar-refractivity contribution in [3.8, 4) is 11.4 Å². The summed E-state index contributed by atoms with van der Waals surface area (Å²) in [7, 11) is 0. The van der Waals surface area contributed by atoms with Crippen molar-refractivity contribution in [3.63, 3.8) is 0 Å². The zero-order valence-corrected chi connectivity index (χ0v) is 13.3. The summed E-state index contributed by atoms with van der Waals surface area (Å²) < 4.78 is 5.02. The van der Waals surface area contributed by atoms with E-state index in [1.165, 1.54) is 0 Å². The van der Waals surface area contributed by atoms with Crippen LogP contribution in [0, 0.1) is 0 Å². The smallest absolute Gasteiger partial charge is 0.338 e. The number of H-pyrrole nitrogens is 1. The fraction of sp³-hybridized carbons (Fsp3) is 0.111. The Morgan fingerprint density at radius 3 is 2.64 bits per heavy atom. The van der Waals surface area contributed by atoms with Gasteiger partial charge >= 0.3 is 5.97 Å². The molecule has 25 heavy (non-hydrogen) atoms. The summed E-state index contributed by atoms with van der Waals surface area (Å²) in [6.45, 7) is 0.00109. The number of nitrogens with zero attached hydrogens (tertiary/aromatic N) is 2. The van der Waals surface area contributed by atoms with Crippen LogP contribution in [0.1, 0.15) is 15.9 Å². The van der Waals surface area contributed by atoms with Gasteiger partial charge in [0.05, 0.1) is 5.56 Å². The molecule has 2 heterocycles. The van der Waals surface area contributed by atoms with E-state index in [9.17, 15) is 9.59 Å². The fourth-order valence-corrected chi connectivity index (χ4v) is 2.16. The Labute approximate surface area is 144 Å². The Morgan fingerprint density at radius 2 is 1.96 bits per heavy atom. The average molecular weight is 336 g/mol. The number of hydrogen-bond acceptors (Lipinski definition) is 5. The number of carbonyl (C=O) groups is 2. The number of imidazole rings is 1. The average Bonchev–Trinajstić information content (AvgIpc) is 3.20. The first-order valence-electron chi connectivity index (χ1n) is 7.65. The Balaban J connectivity index is 1.48. The fourth-order valence-electron chi connectivity index (χ4n) is 2.16. The molecule has 0 saturated carbocycles. The number of aromatic amines is 1. The van der Waals surface area contributed by atoms with Crippen molar-refractivity contribution in [1.29, 1.82) is 0 Å². The first-order valence-corrected chi connectivity index (χ1v) is 7.65. The Morgan fingerprint density at radius 1 is 1.12 bits per heavy atom. The molecule has 0 atom stereocenters. The highest BCUT2D eigenvalue weighted by molar-refractivity contribution is 5.91. The minimum atomic E-state index is -0.553. The highest BCUT2D eigenvalue weighted by Gasteiger charge is 2.10. The molecule has 0 aliphatic heterocycles. The Kier molecular flexibility index (Phi) is 5.16. The lowest BCUT2D eigenvalue weighted by atomic mass is 10.1. The van der Waals surface area contributed by atoms with Crippen LogP contribution in [0.2, 0.25) is 0 Å². The molecular weight excluding hydrogens is 320 g/mol. The summed E-state index contributed by atoms with van der Waals surface area (Å²) in [5.41, 5.74) is 2.10. The second-order valence-electron chi connectivity index (χ2n) is 5.23. The van der Waals surface area contributed by atoms with Crippen LogP contribution >= 0.6 is 0 Å². The van der Waals surface area contributed by atoms with E-state index < -0.39 is 5.97 Å². The molecule has 0 bridgehead atoms. The summed E-state index contributed by atoms with van der Waals surface area (Å²) in [5.74, 6) is -0.207. The molecule has 2 N–H and O–H groups in total. The van der Waals surface area contributed by atoms with E-state index in [4.69, 9.17) is 4.74 Å². The summed E-state index contributed by atoms with van der Waals surface area (Å²) in [6.07, 6.45) is 6.69. The molecule has 7 nitrogen and oxygen atoms in total. The maximum Gasteiger partial charge on any atom is 0.338 e. The van der Waals surface area contributed by atoms with Crippen LogP contribution in [-0.4, -0.2) is 33.4 Å². The Bertz CT molecular complexity index is 831. The van der Waals surface area contributed by atoms with Gasteiger partial charge in [0.15, 0.2) is 6.61 Å². The highest BCUT2D eigenvalue weighted by atomic mass is 16.5. The summed E-state index contributed by atoms with van der Waals surface area (Å²) >= 11 is 0. The number of pyridine rings is 1. The third-order valence-corrected chi connectivity index (χ3v) is 3.44. The molecule has 0 spiro atoms. The van der Waals surface area contributed by atoms with Crippen molar-refractivity contribution in [2.45, 2.75) is 6.54 Å². The minimum Gasteiger partial charge on any atom is -0.452 e. The van der Waals surface area contributed by atoms with Crippen LogP contribution in [0.25, 0.3) is 11.4 Å². The van der Waals surface area contributed by atoms with Gasteiger partial charge in [-0.3, -0.25) is 9.78 Å². The minimum absolute atomic E-state index is 0.334. The van der Waals surface area contributed by atoms with Gasteiger partial charge in [-0.15, -0.1) is 0 Å². The van der Waals surface area contributed by atoms with E-state index >= 15 is 0 Å². The summed E-state index contributed by atoms with van der Waals surface area (Å²) in [5, 5.41) is 2.66. The van der Waals surface area contributed by atoms with Gasteiger partial charge in [-0.25, -0.2) is 9.78 Å². The van der Waals surface area contributed by atoms with Crippen molar-refractivity contribution >= 4 is 11.9 Å². The number of hydrogen-bond donors (Lipinski definition) is 2. The van der Waals surface area contributed by atoms with Gasteiger partial charge in [-0.2, -0.15) is 0 Å². The largest absolute Gasteiger partial charge is 0.452 e. The summed E-state index contributed by atoms with van der Waals surface area (Å²) in [6, 6.07) is 10.4. The van der Waals surface area contributed by atoms with E-state index in [1.54, 1.807) is 55.1 Å². The molecule has 0 aliphatic rings. The lowest BCUT2D eigenvalue weighted by Crippen LogP contribution is -2.28. The van der Waals surface area contributed by atoms with E-state index in [1.807, 2.05) is 6.07 Å². The highest BCUT2D eigenvalue weighted by Crippen LogP contribution is 2.15. The Hall–Kier alpha value is -3.48. The number of amides is 1. The maximum atomic E-state index is 12.0. The molecular formula is C18H16N4O3. The monoisotopic (exact) mass is 336 g/mol. The number of nitrogens with one attached hydrogen (secondary N) is 2. The molecule has 2 aromatic heterocycles. The van der Waals surface area contributed by atoms with Crippen molar-refractivity contribution in [2.75, 3.05) is 6.61 Å². The van der Waals surface area contributed by atoms with E-state index in [2.05, 4.69) is 20.3 Å². The first-order chi connectivity index (χ1) is 12.2. The van der Waals surface area contributed by atoms with Crippen molar-refractivity contribution in [2.24, 2.45) is 0 Å². The van der Waals surface area contributed by atoms with Gasteiger partial charge in [0, 0.05) is 36.9 Å². The van der Waals surface area contributed by atoms with Gasteiger partial charge in [-0.1, -0.05) is 18.2 Å². The predicted octanol–water partition coefficient (Wildman–Crippen LogP) is 1.94. The van der Waals surface area contributed by atoms with Crippen LogP contribution < -0.4 is 5.32 Å². The molecule has 3 rings (SSSR count). The first kappa shape index (κ1) is 16.4. The van der Waals surface area contributed by atoms with Crippen LogP contribution in [0.15, 0.2) is 61.2 Å².